The van der Waals surface area contributed by atoms with Gasteiger partial charge in [0.1, 0.15) is 0 Å². The summed E-state index contributed by atoms with van der Waals surface area (Å²) in [6, 6.07) is 0. The molecular weight excluding hydrogens is 212 g/mol. The van der Waals surface area contributed by atoms with Gasteiger partial charge in [0.2, 0.25) is 0 Å². The highest BCUT2D eigenvalue weighted by Crippen LogP contribution is 2.61. The smallest absolute Gasteiger partial charge is 0.0471 e. The molecule has 1 heteroatoms. The van der Waals surface area contributed by atoms with Crippen molar-refractivity contribution in [3.05, 3.63) is 12.2 Å². The Bertz CT molecular complexity index is 229. The quantitative estimate of drug-likeness (QED) is 0.438. The van der Waals surface area contributed by atoms with E-state index in [1.165, 1.54) is 37.7 Å². The zero-order chi connectivity index (χ0) is 8.34. The van der Waals surface area contributed by atoms with Gasteiger partial charge in [-0.05, 0) is 49.9 Å². The Kier molecular flexibility index (Phi) is 1.38. The molecule has 0 heterocycles. The van der Waals surface area contributed by atoms with Gasteiger partial charge >= 0.3 is 0 Å². The van der Waals surface area contributed by atoms with E-state index in [1.807, 2.05) is 0 Å². The summed E-state index contributed by atoms with van der Waals surface area (Å²) in [5.41, 5.74) is 1.52. The first kappa shape index (κ1) is 7.61. The molecule has 4 bridgehead atoms. The Hall–Kier alpha value is 0.220. The van der Waals surface area contributed by atoms with E-state index in [2.05, 4.69) is 22.5 Å². The van der Waals surface area contributed by atoms with E-state index in [4.69, 9.17) is 0 Å². The van der Waals surface area contributed by atoms with Crippen molar-refractivity contribution in [2.75, 3.05) is 0 Å². The van der Waals surface area contributed by atoms with Crippen molar-refractivity contribution in [3.63, 3.8) is 0 Å². The molecule has 0 spiro atoms. The molecule has 0 aromatic heterocycles. The van der Waals surface area contributed by atoms with Crippen molar-refractivity contribution in [2.45, 2.75) is 36.4 Å². The second-order valence-corrected chi connectivity index (χ2v) is 6.55. The van der Waals surface area contributed by atoms with Crippen LogP contribution in [-0.2, 0) is 0 Å². The van der Waals surface area contributed by atoms with Crippen LogP contribution < -0.4 is 0 Å². The average Bonchev–Trinajstić information content (AvgIpc) is 1.98. The van der Waals surface area contributed by atoms with Gasteiger partial charge in [-0.15, -0.1) is 0 Å². The lowest BCUT2D eigenvalue weighted by atomic mass is 9.54. The van der Waals surface area contributed by atoms with Crippen LogP contribution in [0.15, 0.2) is 12.2 Å². The van der Waals surface area contributed by atoms with Crippen LogP contribution in [0.4, 0.5) is 0 Å². The normalized spacial score (nSPS) is 56.4. The van der Waals surface area contributed by atoms with Crippen molar-refractivity contribution < 1.29 is 0 Å². The molecule has 0 aromatic rings. The Morgan fingerprint density at radius 2 is 1.75 bits per heavy atom. The Morgan fingerprint density at radius 3 is 2.25 bits per heavy atom. The molecule has 4 rings (SSSR count). The summed E-state index contributed by atoms with van der Waals surface area (Å²) in [6.07, 6.45) is 7.15. The van der Waals surface area contributed by atoms with Gasteiger partial charge in [0.15, 0.2) is 0 Å². The lowest BCUT2D eigenvalue weighted by Gasteiger charge is -2.55. The minimum absolute atomic E-state index is 0.377. The highest BCUT2D eigenvalue weighted by molar-refractivity contribution is 9.10. The minimum atomic E-state index is 0.377. The second-order valence-electron chi connectivity index (χ2n) is 5.03. The van der Waals surface area contributed by atoms with Gasteiger partial charge in [-0.1, -0.05) is 28.1 Å². The number of hydrogen-bond donors (Lipinski definition) is 0. The predicted molar refractivity (Wildman–Crippen MR) is 54.4 cm³/mol. The highest BCUT2D eigenvalue weighted by atomic mass is 79.9. The number of allylic oxidation sites excluding steroid dienone is 1. The second kappa shape index (κ2) is 2.17. The molecular formula is C11H15Br. The molecule has 4 aliphatic rings. The third-order valence-electron chi connectivity index (χ3n) is 4.20. The van der Waals surface area contributed by atoms with E-state index in [0.717, 1.165) is 17.8 Å². The van der Waals surface area contributed by atoms with Crippen molar-refractivity contribution in [2.24, 2.45) is 17.8 Å². The van der Waals surface area contributed by atoms with Crippen LogP contribution in [0.5, 0.6) is 0 Å². The first-order valence-electron chi connectivity index (χ1n) is 5.05. The van der Waals surface area contributed by atoms with Crippen molar-refractivity contribution in [1.29, 1.82) is 0 Å². The summed E-state index contributed by atoms with van der Waals surface area (Å²) in [7, 11) is 0. The lowest BCUT2D eigenvalue weighted by Crippen LogP contribution is -2.48. The van der Waals surface area contributed by atoms with E-state index in [9.17, 15) is 0 Å². The fourth-order valence-electron chi connectivity index (χ4n) is 3.81. The average molecular weight is 227 g/mol. The van der Waals surface area contributed by atoms with Crippen molar-refractivity contribution in [3.8, 4) is 0 Å². The molecule has 0 aliphatic heterocycles. The van der Waals surface area contributed by atoms with Crippen molar-refractivity contribution >= 4 is 15.9 Å². The van der Waals surface area contributed by atoms with E-state index in [1.54, 1.807) is 0 Å². The van der Waals surface area contributed by atoms with Crippen LogP contribution in [-0.4, -0.2) is 4.32 Å². The highest BCUT2D eigenvalue weighted by Gasteiger charge is 2.51. The predicted octanol–water partition coefficient (Wildman–Crippen LogP) is 3.52. The van der Waals surface area contributed by atoms with Gasteiger partial charge in [-0.25, -0.2) is 0 Å². The molecule has 4 fully saturated rings. The monoisotopic (exact) mass is 226 g/mol. The SMILES string of the molecule is C=C1C2CC3CC(C2)CC1(Br)C3. The molecule has 12 heavy (non-hydrogen) atoms. The molecule has 2 atom stereocenters. The largest absolute Gasteiger partial charge is 0.0982 e. The van der Waals surface area contributed by atoms with Gasteiger partial charge in [0.25, 0.3) is 0 Å². The van der Waals surface area contributed by atoms with Gasteiger partial charge in [0.05, 0.1) is 0 Å². The van der Waals surface area contributed by atoms with Gasteiger partial charge in [-0.2, -0.15) is 0 Å². The van der Waals surface area contributed by atoms with Gasteiger partial charge in [-0.3, -0.25) is 0 Å². The topological polar surface area (TPSA) is 0 Å². The van der Waals surface area contributed by atoms with Crippen LogP contribution in [0.1, 0.15) is 32.1 Å². The molecule has 0 N–H and O–H groups in total. The zero-order valence-electron chi connectivity index (χ0n) is 7.35. The summed E-state index contributed by atoms with van der Waals surface area (Å²) in [5, 5.41) is 0. The molecule has 0 amide bonds. The molecule has 0 nitrogen and oxygen atoms in total. The molecule has 4 saturated carbocycles. The van der Waals surface area contributed by atoms with Crippen molar-refractivity contribution in [1.82, 2.24) is 0 Å². The number of hydrogen-bond acceptors (Lipinski definition) is 0. The Balaban J connectivity index is 2.02. The molecule has 0 saturated heterocycles. The fourth-order valence-corrected chi connectivity index (χ4v) is 5.05. The molecule has 0 aromatic carbocycles. The number of rotatable bonds is 0. The third kappa shape index (κ3) is 0.837. The minimum Gasteiger partial charge on any atom is -0.0982 e. The standard InChI is InChI=1S/C11H15Br/c1-7-10-3-8-2-9(4-10)6-11(7,12)5-8/h8-10H,1-6H2. The molecule has 66 valence electrons. The van der Waals surface area contributed by atoms with E-state index in [0.29, 0.717) is 4.32 Å². The van der Waals surface area contributed by atoms with Crippen LogP contribution in [0.2, 0.25) is 0 Å². The summed E-state index contributed by atoms with van der Waals surface area (Å²) in [5.74, 6) is 2.91. The summed E-state index contributed by atoms with van der Waals surface area (Å²) in [4.78, 5) is 0. The van der Waals surface area contributed by atoms with Gasteiger partial charge in [0, 0.05) is 4.32 Å². The maximum Gasteiger partial charge on any atom is 0.0471 e. The van der Waals surface area contributed by atoms with Crippen LogP contribution in [0, 0.1) is 17.8 Å². The molecule has 0 radical (unpaired) electrons. The fraction of sp³-hybridized carbons (Fsp3) is 0.818. The Labute approximate surface area is 82.5 Å². The van der Waals surface area contributed by atoms with Crippen LogP contribution in [0.25, 0.3) is 0 Å². The zero-order valence-corrected chi connectivity index (χ0v) is 8.94. The molecule has 4 aliphatic carbocycles. The maximum atomic E-state index is 4.28. The van der Waals surface area contributed by atoms with E-state index >= 15 is 0 Å². The van der Waals surface area contributed by atoms with Crippen LogP contribution in [0.3, 0.4) is 0 Å². The Morgan fingerprint density at radius 1 is 1.17 bits per heavy atom. The summed E-state index contributed by atoms with van der Waals surface area (Å²) in [6.45, 7) is 4.28. The third-order valence-corrected chi connectivity index (χ3v) is 5.35. The first-order valence-corrected chi connectivity index (χ1v) is 5.85. The first-order chi connectivity index (χ1) is 5.67. The summed E-state index contributed by atoms with van der Waals surface area (Å²) >= 11 is 3.92. The number of halogens is 1. The summed E-state index contributed by atoms with van der Waals surface area (Å²) < 4.78 is 0.377. The van der Waals surface area contributed by atoms with E-state index in [-0.39, 0.29) is 0 Å². The van der Waals surface area contributed by atoms with E-state index < -0.39 is 0 Å². The molecule has 2 unspecified atom stereocenters. The van der Waals surface area contributed by atoms with Crippen LogP contribution >= 0.6 is 15.9 Å². The number of alkyl halides is 1. The maximum absolute atomic E-state index is 4.28. The van der Waals surface area contributed by atoms with Gasteiger partial charge < -0.3 is 0 Å². The lowest BCUT2D eigenvalue weighted by molar-refractivity contribution is 0.0891.